The molecular weight excluding hydrogens is 300 g/mol. The first kappa shape index (κ1) is 13.9. The lowest BCUT2D eigenvalue weighted by Gasteiger charge is -2.36. The van der Waals surface area contributed by atoms with Gasteiger partial charge in [-0.25, -0.2) is 8.78 Å². The van der Waals surface area contributed by atoms with E-state index in [4.69, 9.17) is 0 Å². The molecule has 0 aliphatic carbocycles. The lowest BCUT2D eigenvalue weighted by atomic mass is 10.1. The highest BCUT2D eigenvalue weighted by atomic mass is 19.2. The van der Waals surface area contributed by atoms with Crippen molar-refractivity contribution < 1.29 is 13.6 Å². The maximum atomic E-state index is 13.5. The lowest BCUT2D eigenvalue weighted by molar-refractivity contribution is 0.0851. The van der Waals surface area contributed by atoms with Crippen LogP contribution in [0.25, 0.3) is 0 Å². The van der Waals surface area contributed by atoms with Gasteiger partial charge in [-0.15, -0.1) is 0 Å². The molecule has 0 N–H and O–H groups in total. The van der Waals surface area contributed by atoms with Crippen molar-refractivity contribution in [1.82, 2.24) is 4.90 Å². The summed E-state index contributed by atoms with van der Waals surface area (Å²) in [4.78, 5) is 20.4. The number of nitrogens with zero attached hydrogens (tertiary/aromatic N) is 3. The largest absolute Gasteiger partial charge is 0.307 e. The van der Waals surface area contributed by atoms with E-state index in [1.807, 2.05) is 23.1 Å². The Balaban J connectivity index is 1.78. The second-order valence-corrected chi connectivity index (χ2v) is 5.49. The van der Waals surface area contributed by atoms with Crippen LogP contribution in [0.5, 0.6) is 0 Å². The SMILES string of the molecule is O=C1c2ccccc2N(Cc2ccc(F)c(F)c2)C2=NCCN12. The molecule has 6 heteroatoms. The molecule has 23 heavy (non-hydrogen) atoms. The number of para-hydroxylation sites is 1. The van der Waals surface area contributed by atoms with Crippen LogP contribution in [0.2, 0.25) is 0 Å². The summed E-state index contributed by atoms with van der Waals surface area (Å²) in [5, 5.41) is 0. The van der Waals surface area contributed by atoms with Crippen molar-refractivity contribution in [2.75, 3.05) is 18.0 Å². The molecule has 0 radical (unpaired) electrons. The zero-order valence-corrected chi connectivity index (χ0v) is 12.2. The Morgan fingerprint density at radius 1 is 1.09 bits per heavy atom. The third-order valence-electron chi connectivity index (χ3n) is 4.05. The Morgan fingerprint density at radius 2 is 1.91 bits per heavy atom. The van der Waals surface area contributed by atoms with Gasteiger partial charge in [-0.1, -0.05) is 18.2 Å². The van der Waals surface area contributed by atoms with Crippen LogP contribution in [0.15, 0.2) is 47.5 Å². The standard InChI is InChI=1S/C17H13F2N3O/c18-13-6-5-11(9-14(13)19)10-22-15-4-2-1-3-12(15)16(23)21-8-7-20-17(21)22/h1-6,9H,7-8,10H2. The Kier molecular flexibility index (Phi) is 3.11. The maximum absolute atomic E-state index is 13.5. The predicted octanol–water partition coefficient (Wildman–Crippen LogP) is 2.80. The molecule has 1 amide bonds. The summed E-state index contributed by atoms with van der Waals surface area (Å²) >= 11 is 0. The van der Waals surface area contributed by atoms with E-state index >= 15 is 0 Å². The average Bonchev–Trinajstić information content (AvgIpc) is 3.04. The molecule has 0 spiro atoms. The van der Waals surface area contributed by atoms with Crippen LogP contribution in [-0.2, 0) is 6.54 Å². The Labute approximate surface area is 131 Å². The molecule has 2 aliphatic heterocycles. The fraction of sp³-hybridized carbons (Fsp3) is 0.176. The number of halogens is 2. The topological polar surface area (TPSA) is 35.9 Å². The molecule has 0 atom stereocenters. The van der Waals surface area contributed by atoms with Gasteiger partial charge in [-0.05, 0) is 29.8 Å². The molecule has 4 rings (SSSR count). The molecule has 0 aromatic heterocycles. The number of hydrogen-bond acceptors (Lipinski definition) is 3. The first-order valence-electron chi connectivity index (χ1n) is 7.32. The van der Waals surface area contributed by atoms with Crippen LogP contribution in [0.3, 0.4) is 0 Å². The number of fused-ring (bicyclic) bond motifs is 2. The van der Waals surface area contributed by atoms with Gasteiger partial charge in [-0.3, -0.25) is 14.7 Å². The normalized spacial score (nSPS) is 16.3. The number of guanidine groups is 1. The van der Waals surface area contributed by atoms with E-state index in [0.29, 0.717) is 36.7 Å². The van der Waals surface area contributed by atoms with E-state index in [1.54, 1.807) is 11.0 Å². The molecule has 0 fully saturated rings. The highest BCUT2D eigenvalue weighted by Crippen LogP contribution is 2.31. The number of aliphatic imine (C=N–C) groups is 1. The summed E-state index contributed by atoms with van der Waals surface area (Å²) < 4.78 is 26.6. The number of benzene rings is 2. The van der Waals surface area contributed by atoms with Gasteiger partial charge in [-0.2, -0.15) is 0 Å². The Hall–Kier alpha value is -2.76. The fourth-order valence-electron chi connectivity index (χ4n) is 2.98. The van der Waals surface area contributed by atoms with Gasteiger partial charge in [0.2, 0.25) is 5.96 Å². The average molecular weight is 313 g/mol. The third kappa shape index (κ3) is 2.18. The van der Waals surface area contributed by atoms with Crippen molar-refractivity contribution in [3.8, 4) is 0 Å². The lowest BCUT2D eigenvalue weighted by Crippen LogP contribution is -2.49. The van der Waals surface area contributed by atoms with E-state index in [2.05, 4.69) is 4.99 Å². The van der Waals surface area contributed by atoms with Gasteiger partial charge in [0, 0.05) is 6.54 Å². The second kappa shape index (κ2) is 5.15. The summed E-state index contributed by atoms with van der Waals surface area (Å²) in [7, 11) is 0. The minimum absolute atomic E-state index is 0.0709. The van der Waals surface area contributed by atoms with Crippen LogP contribution < -0.4 is 4.90 Å². The van der Waals surface area contributed by atoms with Crippen LogP contribution in [0.4, 0.5) is 14.5 Å². The molecule has 116 valence electrons. The number of carbonyl (C=O) groups is 1. The first-order valence-corrected chi connectivity index (χ1v) is 7.32. The van der Waals surface area contributed by atoms with Gasteiger partial charge in [0.1, 0.15) is 0 Å². The number of hydrogen-bond donors (Lipinski definition) is 0. The number of carbonyl (C=O) groups excluding carboxylic acids is 1. The van der Waals surface area contributed by atoms with Crippen LogP contribution >= 0.6 is 0 Å². The molecule has 2 aromatic carbocycles. The zero-order valence-electron chi connectivity index (χ0n) is 12.2. The quantitative estimate of drug-likeness (QED) is 0.855. The minimum atomic E-state index is -0.880. The van der Waals surface area contributed by atoms with Crippen molar-refractivity contribution in [1.29, 1.82) is 0 Å². The molecule has 0 bridgehead atoms. The molecule has 4 nitrogen and oxygen atoms in total. The van der Waals surface area contributed by atoms with Crippen molar-refractivity contribution in [2.24, 2.45) is 4.99 Å². The van der Waals surface area contributed by atoms with Gasteiger partial charge in [0.15, 0.2) is 11.6 Å². The summed E-state index contributed by atoms with van der Waals surface area (Å²) in [5.41, 5.74) is 1.94. The van der Waals surface area contributed by atoms with Gasteiger partial charge in [0.05, 0.1) is 24.3 Å². The van der Waals surface area contributed by atoms with Gasteiger partial charge >= 0.3 is 0 Å². The highest BCUT2D eigenvalue weighted by molar-refractivity contribution is 6.19. The van der Waals surface area contributed by atoms with E-state index in [0.717, 1.165) is 11.8 Å². The van der Waals surface area contributed by atoms with Crippen LogP contribution in [0, 0.1) is 11.6 Å². The Morgan fingerprint density at radius 3 is 2.74 bits per heavy atom. The Bertz CT molecular complexity index is 834. The smallest absolute Gasteiger partial charge is 0.262 e. The summed E-state index contributed by atoms with van der Waals surface area (Å²) in [6, 6.07) is 11.1. The van der Waals surface area contributed by atoms with E-state index < -0.39 is 11.6 Å². The first-order chi connectivity index (χ1) is 11.1. The van der Waals surface area contributed by atoms with Gasteiger partial charge in [0.25, 0.3) is 5.91 Å². The van der Waals surface area contributed by atoms with E-state index in [-0.39, 0.29) is 5.91 Å². The van der Waals surface area contributed by atoms with Crippen molar-refractivity contribution in [2.45, 2.75) is 6.54 Å². The minimum Gasteiger partial charge on any atom is -0.307 e. The number of amides is 1. The zero-order chi connectivity index (χ0) is 16.0. The highest BCUT2D eigenvalue weighted by Gasteiger charge is 2.36. The molecule has 2 aromatic rings. The van der Waals surface area contributed by atoms with E-state index in [1.165, 1.54) is 12.1 Å². The number of anilines is 1. The predicted molar refractivity (Wildman–Crippen MR) is 82.3 cm³/mol. The molecule has 0 saturated carbocycles. The molecule has 0 saturated heterocycles. The van der Waals surface area contributed by atoms with Gasteiger partial charge < -0.3 is 4.90 Å². The third-order valence-corrected chi connectivity index (χ3v) is 4.05. The molecule has 0 unspecified atom stereocenters. The summed E-state index contributed by atoms with van der Waals surface area (Å²) in [5.74, 6) is -1.26. The second-order valence-electron chi connectivity index (χ2n) is 5.49. The van der Waals surface area contributed by atoms with Crippen LogP contribution in [-0.4, -0.2) is 29.9 Å². The van der Waals surface area contributed by atoms with Crippen molar-refractivity contribution in [3.63, 3.8) is 0 Å². The van der Waals surface area contributed by atoms with E-state index in [9.17, 15) is 13.6 Å². The monoisotopic (exact) mass is 313 g/mol. The van der Waals surface area contributed by atoms with Crippen molar-refractivity contribution >= 4 is 17.6 Å². The molecule has 2 aliphatic rings. The summed E-state index contributed by atoms with van der Waals surface area (Å²) in [6.07, 6.45) is 0. The summed E-state index contributed by atoms with van der Waals surface area (Å²) in [6.45, 7) is 1.40. The fourth-order valence-corrected chi connectivity index (χ4v) is 2.98. The molecular formula is C17H13F2N3O. The van der Waals surface area contributed by atoms with Crippen LogP contribution in [0.1, 0.15) is 15.9 Å². The maximum Gasteiger partial charge on any atom is 0.262 e. The molecule has 2 heterocycles. The van der Waals surface area contributed by atoms with Crippen molar-refractivity contribution in [3.05, 3.63) is 65.2 Å². The number of rotatable bonds is 2.